The van der Waals surface area contributed by atoms with Gasteiger partial charge in [-0.25, -0.2) is 4.39 Å². The second-order valence-corrected chi connectivity index (χ2v) is 5.89. The molecular weight excluding hydrogens is 237 g/mol. The molecule has 17 heavy (non-hydrogen) atoms. The number of nitrogens with zero attached hydrogens (tertiary/aromatic N) is 1. The number of rotatable bonds is 3. The molecule has 92 valence electrons. The van der Waals surface area contributed by atoms with Gasteiger partial charge in [-0.05, 0) is 24.3 Å². The molecule has 1 unspecified atom stereocenters. The van der Waals surface area contributed by atoms with Gasteiger partial charge < -0.3 is 0 Å². The molecule has 0 spiro atoms. The molecule has 1 heterocycles. The number of halogens is 1. The first kappa shape index (κ1) is 12.6. The van der Waals surface area contributed by atoms with Gasteiger partial charge in [-0.1, -0.05) is 6.92 Å². The molecule has 0 amide bonds. The molecule has 1 aromatic rings. The van der Waals surface area contributed by atoms with Crippen molar-refractivity contribution in [3.63, 3.8) is 0 Å². The molecule has 0 aromatic heterocycles. The van der Waals surface area contributed by atoms with Crippen molar-refractivity contribution in [3.05, 3.63) is 35.6 Å². The minimum atomic E-state index is -0.301. The highest BCUT2D eigenvalue weighted by Gasteiger charge is 2.19. The van der Waals surface area contributed by atoms with Crippen molar-refractivity contribution in [2.75, 3.05) is 25.4 Å². The number of Topliss-reactive ketones (excluding diaryl/α,β-unsaturated/α-hetero) is 1. The van der Waals surface area contributed by atoms with Gasteiger partial charge in [-0.3, -0.25) is 9.69 Å². The summed E-state index contributed by atoms with van der Waals surface area (Å²) in [6.07, 6.45) is 0. The molecule has 0 aliphatic carbocycles. The predicted octanol–water partition coefficient (Wildman–Crippen LogP) is 2.45. The predicted molar refractivity (Wildman–Crippen MR) is 69.1 cm³/mol. The van der Waals surface area contributed by atoms with Crippen molar-refractivity contribution in [1.82, 2.24) is 4.90 Å². The lowest BCUT2D eigenvalue weighted by Crippen LogP contribution is -2.39. The van der Waals surface area contributed by atoms with E-state index in [0.29, 0.717) is 17.4 Å². The molecule has 1 atom stereocenters. The average Bonchev–Trinajstić information content (AvgIpc) is 2.29. The van der Waals surface area contributed by atoms with E-state index in [4.69, 9.17) is 0 Å². The largest absolute Gasteiger partial charge is 0.294 e. The van der Waals surface area contributed by atoms with E-state index in [2.05, 4.69) is 11.8 Å². The van der Waals surface area contributed by atoms with Crippen LogP contribution < -0.4 is 0 Å². The molecule has 0 N–H and O–H groups in total. The summed E-state index contributed by atoms with van der Waals surface area (Å²) in [5.74, 6) is 0.853. The number of benzene rings is 1. The third-order valence-electron chi connectivity index (χ3n) is 2.86. The zero-order valence-corrected chi connectivity index (χ0v) is 10.7. The first-order valence-electron chi connectivity index (χ1n) is 5.78. The van der Waals surface area contributed by atoms with Crippen LogP contribution in [0, 0.1) is 5.82 Å². The second kappa shape index (κ2) is 5.65. The van der Waals surface area contributed by atoms with Crippen LogP contribution in [0.15, 0.2) is 24.3 Å². The minimum Gasteiger partial charge on any atom is -0.294 e. The molecule has 1 aliphatic rings. The minimum absolute atomic E-state index is 0.0732. The summed E-state index contributed by atoms with van der Waals surface area (Å²) in [4.78, 5) is 14.1. The SMILES string of the molecule is CC1CN(CC(=O)c2ccc(F)cc2)CCS1. The maximum Gasteiger partial charge on any atom is 0.176 e. The van der Waals surface area contributed by atoms with E-state index in [-0.39, 0.29) is 11.6 Å². The highest BCUT2D eigenvalue weighted by molar-refractivity contribution is 7.99. The Bertz CT molecular complexity index is 393. The van der Waals surface area contributed by atoms with Gasteiger partial charge in [0.2, 0.25) is 0 Å². The van der Waals surface area contributed by atoms with Crippen molar-refractivity contribution in [1.29, 1.82) is 0 Å². The van der Waals surface area contributed by atoms with Gasteiger partial charge >= 0.3 is 0 Å². The number of carbonyl (C=O) groups is 1. The van der Waals surface area contributed by atoms with Crippen LogP contribution in [0.1, 0.15) is 17.3 Å². The Morgan fingerprint density at radius 1 is 1.47 bits per heavy atom. The van der Waals surface area contributed by atoms with E-state index in [9.17, 15) is 9.18 Å². The summed E-state index contributed by atoms with van der Waals surface area (Å²) in [6, 6.07) is 5.78. The summed E-state index contributed by atoms with van der Waals surface area (Å²) >= 11 is 1.94. The Kier molecular flexibility index (Phi) is 4.18. The Morgan fingerprint density at radius 3 is 2.82 bits per heavy atom. The fourth-order valence-electron chi connectivity index (χ4n) is 1.96. The van der Waals surface area contributed by atoms with Gasteiger partial charge in [0.25, 0.3) is 0 Å². The molecule has 1 aliphatic heterocycles. The zero-order valence-electron chi connectivity index (χ0n) is 9.86. The fraction of sp³-hybridized carbons (Fsp3) is 0.462. The highest BCUT2D eigenvalue weighted by atomic mass is 32.2. The lowest BCUT2D eigenvalue weighted by atomic mass is 10.1. The van der Waals surface area contributed by atoms with Crippen LogP contribution in [-0.2, 0) is 0 Å². The first-order valence-corrected chi connectivity index (χ1v) is 6.83. The van der Waals surface area contributed by atoms with Gasteiger partial charge in [-0.2, -0.15) is 11.8 Å². The highest BCUT2D eigenvalue weighted by Crippen LogP contribution is 2.18. The van der Waals surface area contributed by atoms with Crippen LogP contribution in [0.3, 0.4) is 0 Å². The molecule has 0 saturated carbocycles. The van der Waals surface area contributed by atoms with E-state index in [0.717, 1.165) is 18.8 Å². The van der Waals surface area contributed by atoms with E-state index >= 15 is 0 Å². The van der Waals surface area contributed by atoms with Crippen LogP contribution >= 0.6 is 11.8 Å². The van der Waals surface area contributed by atoms with Gasteiger partial charge in [0.05, 0.1) is 6.54 Å². The van der Waals surface area contributed by atoms with Gasteiger partial charge in [0.1, 0.15) is 5.82 Å². The smallest absolute Gasteiger partial charge is 0.176 e. The number of hydrogen-bond donors (Lipinski definition) is 0. The molecule has 2 nitrogen and oxygen atoms in total. The van der Waals surface area contributed by atoms with Crippen LogP contribution in [0.4, 0.5) is 4.39 Å². The quantitative estimate of drug-likeness (QED) is 0.772. The van der Waals surface area contributed by atoms with Crippen LogP contribution in [0.2, 0.25) is 0 Å². The summed E-state index contributed by atoms with van der Waals surface area (Å²) in [6.45, 7) is 4.54. The zero-order chi connectivity index (χ0) is 12.3. The Hall–Kier alpha value is -0.870. The summed E-state index contributed by atoms with van der Waals surface area (Å²) < 4.78 is 12.7. The fourth-order valence-corrected chi connectivity index (χ4v) is 3.05. The van der Waals surface area contributed by atoms with Crippen molar-refractivity contribution in [2.45, 2.75) is 12.2 Å². The Labute approximate surface area is 105 Å². The third-order valence-corrected chi connectivity index (χ3v) is 3.99. The maximum absolute atomic E-state index is 12.7. The summed E-state index contributed by atoms with van der Waals surface area (Å²) in [7, 11) is 0. The lowest BCUT2D eigenvalue weighted by molar-refractivity contribution is 0.0933. The number of hydrogen-bond acceptors (Lipinski definition) is 3. The molecular formula is C13H16FNOS. The van der Waals surface area contributed by atoms with E-state index in [1.807, 2.05) is 11.8 Å². The summed E-state index contributed by atoms with van der Waals surface area (Å²) in [5.41, 5.74) is 0.595. The van der Waals surface area contributed by atoms with Crippen LogP contribution in [0.5, 0.6) is 0 Å². The van der Waals surface area contributed by atoms with Crippen molar-refractivity contribution in [2.24, 2.45) is 0 Å². The molecule has 1 aromatic carbocycles. The van der Waals surface area contributed by atoms with Gasteiger partial charge in [-0.15, -0.1) is 0 Å². The maximum atomic E-state index is 12.7. The molecule has 0 radical (unpaired) electrons. The average molecular weight is 253 g/mol. The monoisotopic (exact) mass is 253 g/mol. The number of ketones is 1. The van der Waals surface area contributed by atoms with Gasteiger partial charge in [0.15, 0.2) is 5.78 Å². The molecule has 1 fully saturated rings. The molecule has 4 heteroatoms. The van der Waals surface area contributed by atoms with E-state index in [1.165, 1.54) is 12.1 Å². The second-order valence-electron chi connectivity index (χ2n) is 4.35. The molecule has 2 rings (SSSR count). The Balaban J connectivity index is 1.94. The molecule has 0 bridgehead atoms. The van der Waals surface area contributed by atoms with E-state index < -0.39 is 0 Å². The number of thioether (sulfide) groups is 1. The van der Waals surface area contributed by atoms with Crippen LogP contribution in [0.25, 0.3) is 0 Å². The normalized spacial score (nSPS) is 21.4. The summed E-state index contributed by atoms with van der Waals surface area (Å²) in [5, 5.41) is 0.588. The van der Waals surface area contributed by atoms with Crippen molar-refractivity contribution in [3.8, 4) is 0 Å². The van der Waals surface area contributed by atoms with Crippen LogP contribution in [-0.4, -0.2) is 41.3 Å². The van der Waals surface area contributed by atoms with Crippen molar-refractivity contribution < 1.29 is 9.18 Å². The molecule has 1 saturated heterocycles. The van der Waals surface area contributed by atoms with Crippen molar-refractivity contribution >= 4 is 17.5 Å². The standard InChI is InChI=1S/C13H16FNOS/c1-10-8-15(6-7-17-10)9-13(16)11-2-4-12(14)5-3-11/h2-5,10H,6-9H2,1H3. The van der Waals surface area contributed by atoms with E-state index in [1.54, 1.807) is 12.1 Å². The Morgan fingerprint density at radius 2 is 2.18 bits per heavy atom. The van der Waals surface area contributed by atoms with Gasteiger partial charge in [0, 0.05) is 29.7 Å². The lowest BCUT2D eigenvalue weighted by Gasteiger charge is -2.29. The third kappa shape index (κ3) is 3.54. The topological polar surface area (TPSA) is 20.3 Å². The first-order chi connectivity index (χ1) is 8.15. The number of carbonyl (C=O) groups excluding carboxylic acids is 1.